The fourth-order valence-corrected chi connectivity index (χ4v) is 2.97. The molecule has 4 atom stereocenters. The van der Waals surface area contributed by atoms with Gasteiger partial charge in [0, 0.05) is 12.2 Å². The lowest BCUT2D eigenvalue weighted by Gasteiger charge is -2.24. The van der Waals surface area contributed by atoms with Gasteiger partial charge in [-0.1, -0.05) is 26.0 Å². The van der Waals surface area contributed by atoms with Gasteiger partial charge in [-0.3, -0.25) is 14.4 Å². The number of amides is 3. The highest BCUT2D eigenvalue weighted by atomic mass is 32.1. The average molecular weight is 469 g/mol. The van der Waals surface area contributed by atoms with Crippen LogP contribution in [0.15, 0.2) is 24.3 Å². The van der Waals surface area contributed by atoms with Crippen molar-refractivity contribution in [2.75, 3.05) is 5.75 Å². The Labute approximate surface area is 192 Å². The van der Waals surface area contributed by atoms with Gasteiger partial charge in [0.25, 0.3) is 0 Å². The summed E-state index contributed by atoms with van der Waals surface area (Å²) < 4.78 is 0. The maximum absolute atomic E-state index is 12.8. The number of carbonyl (C=O) groups excluding carboxylic acids is 3. The van der Waals surface area contributed by atoms with Crippen LogP contribution < -0.4 is 21.7 Å². The number of carbonyl (C=O) groups is 4. The Morgan fingerprint density at radius 1 is 0.938 bits per heavy atom. The van der Waals surface area contributed by atoms with Crippen LogP contribution in [0, 0.1) is 5.92 Å². The molecule has 3 amide bonds. The molecule has 1 aromatic rings. The molecular formula is C21H32N4O6S. The molecule has 0 saturated heterocycles. The molecule has 0 aliphatic heterocycles. The summed E-state index contributed by atoms with van der Waals surface area (Å²) in [5.41, 5.74) is 6.33. The monoisotopic (exact) mass is 468 g/mol. The number of aliphatic carboxylic acids is 1. The molecule has 1 rings (SSSR count). The van der Waals surface area contributed by atoms with Crippen molar-refractivity contribution in [1.29, 1.82) is 0 Å². The number of hydrogen-bond acceptors (Lipinski definition) is 7. The highest BCUT2D eigenvalue weighted by Crippen LogP contribution is 2.12. The molecule has 32 heavy (non-hydrogen) atoms. The zero-order chi connectivity index (χ0) is 24.4. The van der Waals surface area contributed by atoms with Crippen molar-refractivity contribution in [3.63, 3.8) is 0 Å². The van der Waals surface area contributed by atoms with Crippen LogP contribution in [0.1, 0.15) is 32.8 Å². The van der Waals surface area contributed by atoms with E-state index >= 15 is 0 Å². The second-order valence-corrected chi connectivity index (χ2v) is 8.35. The smallest absolute Gasteiger partial charge is 0.326 e. The summed E-state index contributed by atoms with van der Waals surface area (Å²) in [5.74, 6) is -2.88. The first-order chi connectivity index (χ1) is 14.9. The lowest BCUT2D eigenvalue weighted by molar-refractivity contribution is -0.142. The minimum atomic E-state index is -1.16. The van der Waals surface area contributed by atoms with E-state index < -0.39 is 47.9 Å². The van der Waals surface area contributed by atoms with Gasteiger partial charge in [-0.15, -0.1) is 0 Å². The number of aromatic hydroxyl groups is 1. The van der Waals surface area contributed by atoms with Gasteiger partial charge in [0.2, 0.25) is 17.7 Å². The number of phenols is 1. The maximum atomic E-state index is 12.8. The molecule has 0 radical (unpaired) electrons. The van der Waals surface area contributed by atoms with Gasteiger partial charge in [-0.2, -0.15) is 12.6 Å². The molecular weight excluding hydrogens is 436 g/mol. The van der Waals surface area contributed by atoms with E-state index in [4.69, 9.17) is 5.73 Å². The van der Waals surface area contributed by atoms with Crippen molar-refractivity contribution < 1.29 is 29.4 Å². The van der Waals surface area contributed by atoms with Crippen molar-refractivity contribution in [1.82, 2.24) is 16.0 Å². The fourth-order valence-electron chi connectivity index (χ4n) is 2.81. The molecule has 11 heteroatoms. The summed E-state index contributed by atoms with van der Waals surface area (Å²) in [7, 11) is 0. The quantitative estimate of drug-likeness (QED) is 0.208. The lowest BCUT2D eigenvalue weighted by Crippen LogP contribution is -2.57. The summed E-state index contributed by atoms with van der Waals surface area (Å²) in [5, 5.41) is 26.2. The SMILES string of the molecule is CC(C)CC(NC(=O)C(C)NC(=O)C(Cc1ccc(O)cc1)NC(=O)C(N)CS)C(=O)O. The van der Waals surface area contributed by atoms with Gasteiger partial charge in [0.05, 0.1) is 6.04 Å². The van der Waals surface area contributed by atoms with Crippen molar-refractivity contribution in [3.05, 3.63) is 29.8 Å². The molecule has 0 saturated carbocycles. The minimum absolute atomic E-state index is 0.0437. The zero-order valence-electron chi connectivity index (χ0n) is 18.4. The first-order valence-electron chi connectivity index (χ1n) is 10.2. The molecule has 10 nitrogen and oxygen atoms in total. The van der Waals surface area contributed by atoms with E-state index in [1.54, 1.807) is 12.1 Å². The average Bonchev–Trinajstić information content (AvgIpc) is 2.72. The number of phenolic OH excluding ortho intramolecular Hbond substituents is 1. The molecule has 0 fully saturated rings. The largest absolute Gasteiger partial charge is 0.508 e. The second kappa shape index (κ2) is 12.9. The van der Waals surface area contributed by atoms with Gasteiger partial charge < -0.3 is 31.9 Å². The van der Waals surface area contributed by atoms with Crippen LogP contribution in [0.25, 0.3) is 0 Å². The molecule has 4 unspecified atom stereocenters. The van der Waals surface area contributed by atoms with Crippen LogP contribution >= 0.6 is 12.6 Å². The molecule has 0 aromatic heterocycles. The predicted octanol–water partition coefficient (Wildman–Crippen LogP) is -0.203. The Kier molecular flexibility index (Phi) is 11.0. The van der Waals surface area contributed by atoms with E-state index in [1.165, 1.54) is 19.1 Å². The van der Waals surface area contributed by atoms with Crippen LogP contribution in [-0.4, -0.2) is 63.8 Å². The number of thiol groups is 1. The van der Waals surface area contributed by atoms with E-state index in [2.05, 4.69) is 28.6 Å². The second-order valence-electron chi connectivity index (χ2n) is 7.98. The van der Waals surface area contributed by atoms with Crippen LogP contribution in [0.2, 0.25) is 0 Å². The molecule has 0 heterocycles. The van der Waals surface area contributed by atoms with Crippen molar-refractivity contribution in [2.45, 2.75) is 57.8 Å². The zero-order valence-corrected chi connectivity index (χ0v) is 19.3. The molecule has 0 aliphatic carbocycles. The molecule has 1 aromatic carbocycles. The summed E-state index contributed by atoms with van der Waals surface area (Å²) in [6.45, 7) is 5.08. The highest BCUT2D eigenvalue weighted by molar-refractivity contribution is 7.80. The van der Waals surface area contributed by atoms with Crippen LogP contribution in [0.3, 0.4) is 0 Å². The van der Waals surface area contributed by atoms with E-state index in [-0.39, 0.29) is 30.3 Å². The number of nitrogens with two attached hydrogens (primary N) is 1. The summed E-state index contributed by atoms with van der Waals surface area (Å²) in [4.78, 5) is 48.9. The van der Waals surface area contributed by atoms with Gasteiger partial charge in [-0.25, -0.2) is 4.79 Å². The minimum Gasteiger partial charge on any atom is -0.508 e. The third-order valence-corrected chi connectivity index (χ3v) is 5.01. The normalized spacial score (nSPS) is 14.7. The fraction of sp³-hybridized carbons (Fsp3) is 0.524. The number of benzene rings is 1. The standard InChI is InChI=1S/C21H32N4O6S/c1-11(2)8-17(21(30)31)25-18(27)12(3)23-20(29)16(24-19(28)15(22)10-32)9-13-4-6-14(26)7-5-13/h4-7,11-12,15-17,26,32H,8-10,22H2,1-3H3,(H,23,29)(H,24,28)(H,25,27)(H,30,31). The van der Waals surface area contributed by atoms with E-state index in [1.807, 2.05) is 13.8 Å². The van der Waals surface area contributed by atoms with E-state index in [0.29, 0.717) is 5.56 Å². The van der Waals surface area contributed by atoms with Crippen LogP contribution in [-0.2, 0) is 25.6 Å². The van der Waals surface area contributed by atoms with Gasteiger partial charge in [0.15, 0.2) is 0 Å². The number of carboxylic acids is 1. The number of carboxylic acid groups (broad SMARTS) is 1. The topological polar surface area (TPSA) is 171 Å². The summed E-state index contributed by atoms with van der Waals surface area (Å²) in [6.07, 6.45) is 0.319. The third-order valence-electron chi connectivity index (χ3n) is 4.62. The van der Waals surface area contributed by atoms with Gasteiger partial charge >= 0.3 is 5.97 Å². The molecule has 7 N–H and O–H groups in total. The highest BCUT2D eigenvalue weighted by Gasteiger charge is 2.28. The first-order valence-corrected chi connectivity index (χ1v) is 10.9. The number of rotatable bonds is 12. The Morgan fingerprint density at radius 3 is 2.00 bits per heavy atom. The Bertz CT molecular complexity index is 802. The van der Waals surface area contributed by atoms with E-state index in [9.17, 15) is 29.4 Å². The Balaban J connectivity index is 2.90. The third kappa shape index (κ3) is 9.15. The van der Waals surface area contributed by atoms with Crippen molar-refractivity contribution in [2.24, 2.45) is 11.7 Å². The number of hydrogen-bond donors (Lipinski definition) is 7. The molecule has 0 spiro atoms. The van der Waals surface area contributed by atoms with E-state index in [0.717, 1.165) is 0 Å². The number of nitrogens with one attached hydrogen (secondary N) is 3. The van der Waals surface area contributed by atoms with Crippen LogP contribution in [0.4, 0.5) is 0 Å². The van der Waals surface area contributed by atoms with Crippen molar-refractivity contribution >= 4 is 36.3 Å². The van der Waals surface area contributed by atoms with Gasteiger partial charge in [-0.05, 0) is 37.0 Å². The summed E-state index contributed by atoms with van der Waals surface area (Å²) in [6, 6.07) is 1.97. The molecule has 0 aliphatic rings. The molecule has 178 valence electrons. The lowest BCUT2D eigenvalue weighted by atomic mass is 10.0. The Morgan fingerprint density at radius 2 is 1.50 bits per heavy atom. The summed E-state index contributed by atoms with van der Waals surface area (Å²) >= 11 is 3.98. The van der Waals surface area contributed by atoms with Crippen LogP contribution in [0.5, 0.6) is 5.75 Å². The van der Waals surface area contributed by atoms with Gasteiger partial charge in [0.1, 0.15) is 23.9 Å². The first kappa shape index (κ1) is 27.2. The molecule has 0 bridgehead atoms. The van der Waals surface area contributed by atoms with Crippen molar-refractivity contribution in [3.8, 4) is 5.75 Å². The maximum Gasteiger partial charge on any atom is 0.326 e. The predicted molar refractivity (Wildman–Crippen MR) is 122 cm³/mol. The Hall–Kier alpha value is -2.79.